The van der Waals surface area contributed by atoms with Gasteiger partial charge in [0.1, 0.15) is 5.75 Å². The van der Waals surface area contributed by atoms with Crippen LogP contribution in [0, 0.1) is 11.8 Å². The molecule has 22 heavy (non-hydrogen) atoms. The topological polar surface area (TPSA) is 44.3 Å². The minimum Gasteiger partial charge on any atom is -0.507 e. The van der Waals surface area contributed by atoms with Crippen molar-refractivity contribution < 1.29 is 5.11 Å². The molecule has 2 aliphatic rings. The zero-order valence-electron chi connectivity index (χ0n) is 12.4. The van der Waals surface area contributed by atoms with Gasteiger partial charge in [-0.3, -0.25) is 0 Å². The van der Waals surface area contributed by atoms with Gasteiger partial charge in [0.25, 0.3) is 0 Å². The van der Waals surface area contributed by atoms with E-state index in [1.54, 1.807) is 6.07 Å². The molecule has 0 amide bonds. The molecule has 0 aliphatic heterocycles. The lowest BCUT2D eigenvalue weighted by atomic mass is 9.95. The van der Waals surface area contributed by atoms with Crippen LogP contribution in [0.25, 0.3) is 10.8 Å². The Hall–Kier alpha value is -1.81. The first-order valence-corrected chi connectivity index (χ1v) is 8.40. The molecular weight excluding hydrogens is 292 g/mol. The number of anilines is 1. The summed E-state index contributed by atoms with van der Waals surface area (Å²) in [4.78, 5) is 0. The number of nitrogens with one attached hydrogen (secondary N) is 2. The molecule has 2 saturated carbocycles. The molecule has 0 aromatic heterocycles. The Morgan fingerprint density at radius 2 is 1.86 bits per heavy atom. The first-order valence-electron chi connectivity index (χ1n) is 7.99. The van der Waals surface area contributed by atoms with E-state index in [9.17, 15) is 5.11 Å². The summed E-state index contributed by atoms with van der Waals surface area (Å²) in [5.41, 5.74) is 0.939. The Labute approximate surface area is 135 Å². The third-order valence-corrected chi connectivity index (χ3v) is 5.42. The van der Waals surface area contributed by atoms with Gasteiger partial charge in [0.15, 0.2) is 5.11 Å². The summed E-state index contributed by atoms with van der Waals surface area (Å²) in [7, 11) is 0. The van der Waals surface area contributed by atoms with E-state index in [1.807, 2.05) is 30.3 Å². The van der Waals surface area contributed by atoms with Gasteiger partial charge in [-0.15, -0.1) is 0 Å². The second kappa shape index (κ2) is 5.43. The number of thiocarbonyl (C=S) groups is 1. The van der Waals surface area contributed by atoms with E-state index in [0.717, 1.165) is 28.3 Å². The van der Waals surface area contributed by atoms with Crippen molar-refractivity contribution in [3.63, 3.8) is 0 Å². The van der Waals surface area contributed by atoms with Crippen LogP contribution in [-0.2, 0) is 0 Å². The molecule has 2 bridgehead atoms. The van der Waals surface area contributed by atoms with Crippen LogP contribution in [0.4, 0.5) is 5.69 Å². The maximum Gasteiger partial charge on any atom is 0.171 e. The van der Waals surface area contributed by atoms with Crippen molar-refractivity contribution in [3.8, 4) is 5.75 Å². The molecule has 2 aliphatic carbocycles. The number of fused-ring (bicyclic) bond motifs is 3. The Kier molecular flexibility index (Phi) is 3.41. The maximum absolute atomic E-state index is 9.95. The fraction of sp³-hybridized carbons (Fsp3) is 0.389. The largest absolute Gasteiger partial charge is 0.507 e. The third kappa shape index (κ3) is 2.41. The predicted molar refractivity (Wildman–Crippen MR) is 94.2 cm³/mol. The molecule has 2 fully saturated rings. The highest BCUT2D eigenvalue weighted by Gasteiger charge is 2.39. The number of hydrogen-bond donors (Lipinski definition) is 3. The normalized spacial score (nSPS) is 26.3. The Morgan fingerprint density at radius 3 is 2.64 bits per heavy atom. The highest BCUT2D eigenvalue weighted by Crippen LogP contribution is 2.44. The highest BCUT2D eigenvalue weighted by molar-refractivity contribution is 7.80. The number of phenolic OH excluding ortho intramolecular Hbond substituents is 1. The molecule has 3 unspecified atom stereocenters. The monoisotopic (exact) mass is 312 g/mol. The first kappa shape index (κ1) is 13.8. The van der Waals surface area contributed by atoms with Crippen molar-refractivity contribution in [1.82, 2.24) is 5.32 Å². The van der Waals surface area contributed by atoms with Gasteiger partial charge in [0.2, 0.25) is 0 Å². The molecule has 0 radical (unpaired) electrons. The number of rotatable bonds is 2. The molecular formula is C18H20N2OS. The summed E-state index contributed by atoms with van der Waals surface area (Å²) in [5.74, 6) is 1.99. The molecule has 3 N–H and O–H groups in total. The molecule has 0 saturated heterocycles. The van der Waals surface area contributed by atoms with Crippen molar-refractivity contribution >= 4 is 33.8 Å². The second-order valence-corrected chi connectivity index (χ2v) is 6.97. The summed E-state index contributed by atoms with van der Waals surface area (Å²) in [6, 6.07) is 11.9. The zero-order valence-corrected chi connectivity index (χ0v) is 13.2. The number of benzene rings is 2. The molecule has 3 nitrogen and oxygen atoms in total. The first-order chi connectivity index (χ1) is 10.7. The fourth-order valence-corrected chi connectivity index (χ4v) is 4.41. The van der Waals surface area contributed by atoms with E-state index < -0.39 is 0 Å². The van der Waals surface area contributed by atoms with E-state index >= 15 is 0 Å². The molecule has 114 valence electrons. The molecule has 0 heterocycles. The minimum absolute atomic E-state index is 0.299. The SMILES string of the molecule is Oc1cccc2c(NC(=S)NC3CC4CCC3C4)cccc12. The highest BCUT2D eigenvalue weighted by atomic mass is 32.1. The summed E-state index contributed by atoms with van der Waals surface area (Å²) < 4.78 is 0. The van der Waals surface area contributed by atoms with Gasteiger partial charge in [-0.25, -0.2) is 0 Å². The van der Waals surface area contributed by atoms with Gasteiger partial charge in [-0.1, -0.05) is 30.7 Å². The smallest absolute Gasteiger partial charge is 0.171 e. The van der Waals surface area contributed by atoms with Gasteiger partial charge in [0, 0.05) is 22.5 Å². The number of aromatic hydroxyl groups is 1. The number of hydrogen-bond acceptors (Lipinski definition) is 2. The van der Waals surface area contributed by atoms with Gasteiger partial charge < -0.3 is 15.7 Å². The van der Waals surface area contributed by atoms with E-state index in [1.165, 1.54) is 25.7 Å². The van der Waals surface area contributed by atoms with E-state index in [-0.39, 0.29) is 0 Å². The lowest BCUT2D eigenvalue weighted by Gasteiger charge is -2.24. The second-order valence-electron chi connectivity index (χ2n) is 6.56. The molecule has 2 aromatic carbocycles. The quantitative estimate of drug-likeness (QED) is 0.733. The lowest BCUT2D eigenvalue weighted by Crippen LogP contribution is -2.40. The predicted octanol–water partition coefficient (Wildman–Crippen LogP) is 4.02. The van der Waals surface area contributed by atoms with Gasteiger partial charge in [-0.2, -0.15) is 0 Å². The van der Waals surface area contributed by atoms with Crippen LogP contribution in [0.1, 0.15) is 25.7 Å². The summed E-state index contributed by atoms with van der Waals surface area (Å²) in [6.07, 6.45) is 5.35. The van der Waals surface area contributed by atoms with Crippen LogP contribution < -0.4 is 10.6 Å². The standard InChI is InChI=1S/C18H20N2OS/c21-17-6-2-3-13-14(17)4-1-5-15(13)19-18(22)20-16-10-11-7-8-12(16)9-11/h1-6,11-12,16,21H,7-10H2,(H2,19,20,22). The maximum atomic E-state index is 9.95. The average Bonchev–Trinajstić information content (AvgIpc) is 3.11. The van der Waals surface area contributed by atoms with Gasteiger partial charge >= 0.3 is 0 Å². The summed E-state index contributed by atoms with van der Waals surface area (Å²) in [5, 5.41) is 19.3. The van der Waals surface area contributed by atoms with Crippen LogP contribution in [0.5, 0.6) is 5.75 Å². The van der Waals surface area contributed by atoms with Crippen molar-refractivity contribution in [2.75, 3.05) is 5.32 Å². The van der Waals surface area contributed by atoms with E-state index in [0.29, 0.717) is 16.9 Å². The Balaban J connectivity index is 1.51. The van der Waals surface area contributed by atoms with Crippen LogP contribution >= 0.6 is 12.2 Å². The third-order valence-electron chi connectivity index (χ3n) is 5.20. The van der Waals surface area contributed by atoms with Gasteiger partial charge in [0.05, 0.1) is 0 Å². The lowest BCUT2D eigenvalue weighted by molar-refractivity contribution is 0.392. The molecule has 0 spiro atoms. The van der Waals surface area contributed by atoms with Crippen LogP contribution in [0.3, 0.4) is 0 Å². The van der Waals surface area contributed by atoms with Crippen molar-refractivity contribution in [2.45, 2.75) is 31.7 Å². The summed E-state index contributed by atoms with van der Waals surface area (Å²) >= 11 is 5.50. The van der Waals surface area contributed by atoms with E-state index in [4.69, 9.17) is 12.2 Å². The number of phenols is 1. The average molecular weight is 312 g/mol. The van der Waals surface area contributed by atoms with Crippen molar-refractivity contribution in [1.29, 1.82) is 0 Å². The van der Waals surface area contributed by atoms with Crippen LogP contribution in [-0.4, -0.2) is 16.3 Å². The molecule has 3 atom stereocenters. The zero-order chi connectivity index (χ0) is 15.1. The van der Waals surface area contributed by atoms with Gasteiger partial charge in [-0.05, 0) is 55.4 Å². The fourth-order valence-electron chi connectivity index (χ4n) is 4.15. The summed E-state index contributed by atoms with van der Waals surface area (Å²) in [6.45, 7) is 0. The van der Waals surface area contributed by atoms with Crippen molar-refractivity contribution in [2.24, 2.45) is 11.8 Å². The van der Waals surface area contributed by atoms with E-state index in [2.05, 4.69) is 10.6 Å². The van der Waals surface area contributed by atoms with Crippen molar-refractivity contribution in [3.05, 3.63) is 36.4 Å². The molecule has 4 rings (SSSR count). The Morgan fingerprint density at radius 1 is 1.05 bits per heavy atom. The Bertz CT molecular complexity index is 730. The minimum atomic E-state index is 0.299. The molecule has 2 aromatic rings. The van der Waals surface area contributed by atoms with Crippen LogP contribution in [0.2, 0.25) is 0 Å². The van der Waals surface area contributed by atoms with Crippen LogP contribution in [0.15, 0.2) is 36.4 Å². The molecule has 4 heteroatoms.